The number of nitrogens with zero attached hydrogens (tertiary/aromatic N) is 4. The molecular formula is C17H16F3N7OS. The van der Waals surface area contributed by atoms with Crippen molar-refractivity contribution in [1.29, 1.82) is 0 Å². The number of rotatable bonds is 5. The van der Waals surface area contributed by atoms with Gasteiger partial charge in [-0.2, -0.15) is 18.3 Å². The number of anilines is 1. The summed E-state index contributed by atoms with van der Waals surface area (Å²) in [5, 5.41) is 17.8. The molecule has 3 aromatic rings. The summed E-state index contributed by atoms with van der Waals surface area (Å²) in [6.07, 6.45) is -1.75. The molecule has 12 heteroatoms. The molecule has 0 aliphatic heterocycles. The Hall–Kier alpha value is -3.02. The average Bonchev–Trinajstić information content (AvgIpc) is 3.36. The van der Waals surface area contributed by atoms with Crippen LogP contribution in [-0.4, -0.2) is 36.7 Å². The summed E-state index contributed by atoms with van der Waals surface area (Å²) in [4.78, 5) is 12.2. The standard InChI is InChI=1S/C17H16F3N7OS/c18-17(19,20)10-5-1-2-6-12(10)22-13(28)8-29-16-26-25-15(27(16)21)14-9-4-3-7-11(9)23-24-14/h1-2,5-6H,3-4,7-8,21H2,(H,22,28)(H,23,24). The van der Waals surface area contributed by atoms with Crippen LogP contribution in [0, 0.1) is 0 Å². The number of halogens is 3. The number of nitrogens with one attached hydrogen (secondary N) is 2. The molecule has 1 amide bonds. The van der Waals surface area contributed by atoms with Gasteiger partial charge < -0.3 is 11.2 Å². The lowest BCUT2D eigenvalue weighted by Gasteiger charge is -2.13. The van der Waals surface area contributed by atoms with Gasteiger partial charge in [0, 0.05) is 11.3 Å². The van der Waals surface area contributed by atoms with E-state index in [0.717, 1.165) is 48.3 Å². The molecule has 29 heavy (non-hydrogen) atoms. The fraction of sp³-hybridized carbons (Fsp3) is 0.294. The third kappa shape index (κ3) is 3.79. The average molecular weight is 423 g/mol. The molecule has 152 valence electrons. The van der Waals surface area contributed by atoms with Crippen molar-refractivity contribution in [2.45, 2.75) is 30.6 Å². The summed E-state index contributed by atoms with van der Waals surface area (Å²) < 4.78 is 40.3. The summed E-state index contributed by atoms with van der Waals surface area (Å²) in [6, 6.07) is 4.79. The molecule has 2 aromatic heterocycles. The number of alkyl halides is 3. The van der Waals surface area contributed by atoms with Crippen LogP contribution >= 0.6 is 11.8 Å². The Balaban J connectivity index is 1.44. The Labute approximate surface area is 167 Å². The maximum absolute atomic E-state index is 13.0. The van der Waals surface area contributed by atoms with E-state index < -0.39 is 17.6 Å². The largest absolute Gasteiger partial charge is 0.418 e. The molecular weight excluding hydrogens is 407 g/mol. The number of thioether (sulfide) groups is 1. The maximum Gasteiger partial charge on any atom is 0.418 e. The van der Waals surface area contributed by atoms with Gasteiger partial charge in [0.15, 0.2) is 0 Å². The predicted molar refractivity (Wildman–Crippen MR) is 101 cm³/mol. The second-order valence-corrected chi connectivity index (χ2v) is 7.38. The number of carbonyl (C=O) groups is 1. The van der Waals surface area contributed by atoms with E-state index in [0.29, 0.717) is 11.5 Å². The van der Waals surface area contributed by atoms with Gasteiger partial charge >= 0.3 is 6.18 Å². The first-order valence-corrected chi connectivity index (χ1v) is 9.69. The Bertz CT molecular complexity index is 1060. The summed E-state index contributed by atoms with van der Waals surface area (Å²) in [7, 11) is 0. The van der Waals surface area contributed by atoms with Crippen molar-refractivity contribution < 1.29 is 18.0 Å². The van der Waals surface area contributed by atoms with E-state index in [9.17, 15) is 18.0 Å². The maximum atomic E-state index is 13.0. The van der Waals surface area contributed by atoms with Gasteiger partial charge in [0.2, 0.25) is 16.9 Å². The van der Waals surface area contributed by atoms with Crippen molar-refractivity contribution in [3.63, 3.8) is 0 Å². The lowest BCUT2D eigenvalue weighted by atomic mass is 10.1. The topological polar surface area (TPSA) is 115 Å². The number of H-pyrrole nitrogens is 1. The van der Waals surface area contributed by atoms with E-state index in [4.69, 9.17) is 5.84 Å². The van der Waals surface area contributed by atoms with Gasteiger partial charge in [0.1, 0.15) is 5.69 Å². The van der Waals surface area contributed by atoms with Crippen molar-refractivity contribution in [2.75, 3.05) is 16.9 Å². The Kier molecular flexibility index (Phi) is 4.94. The molecule has 0 bridgehead atoms. The zero-order chi connectivity index (χ0) is 20.6. The number of aryl methyl sites for hydroxylation is 1. The monoisotopic (exact) mass is 423 g/mol. The first kappa shape index (κ1) is 19.3. The van der Waals surface area contributed by atoms with Crippen LogP contribution in [-0.2, 0) is 23.8 Å². The van der Waals surface area contributed by atoms with Gasteiger partial charge in [-0.25, -0.2) is 4.68 Å². The number of aromatic nitrogens is 5. The smallest absolute Gasteiger partial charge is 0.335 e. The summed E-state index contributed by atoms with van der Waals surface area (Å²) in [6.45, 7) is 0. The molecule has 0 saturated carbocycles. The molecule has 1 aliphatic rings. The number of fused-ring (bicyclic) bond motifs is 1. The van der Waals surface area contributed by atoms with Crippen molar-refractivity contribution in [1.82, 2.24) is 25.1 Å². The number of benzene rings is 1. The van der Waals surface area contributed by atoms with Crippen molar-refractivity contribution in [3.8, 4) is 11.5 Å². The summed E-state index contributed by atoms with van der Waals surface area (Å²) in [5.74, 6) is 5.62. The highest BCUT2D eigenvalue weighted by Gasteiger charge is 2.33. The van der Waals surface area contributed by atoms with Gasteiger partial charge in [0.05, 0.1) is 17.0 Å². The Morgan fingerprint density at radius 2 is 2.07 bits per heavy atom. The van der Waals surface area contributed by atoms with Crippen LogP contribution in [0.4, 0.5) is 18.9 Å². The van der Waals surface area contributed by atoms with E-state index in [1.165, 1.54) is 22.9 Å². The lowest BCUT2D eigenvalue weighted by molar-refractivity contribution is -0.137. The highest BCUT2D eigenvalue weighted by atomic mass is 32.2. The molecule has 4 N–H and O–H groups in total. The Morgan fingerprint density at radius 3 is 2.86 bits per heavy atom. The molecule has 0 spiro atoms. The number of amides is 1. The number of carbonyl (C=O) groups excluding carboxylic acids is 1. The van der Waals surface area contributed by atoms with Crippen LogP contribution in [0.1, 0.15) is 23.2 Å². The minimum absolute atomic E-state index is 0.180. The predicted octanol–water partition coefficient (Wildman–Crippen LogP) is 2.62. The van der Waals surface area contributed by atoms with Crippen molar-refractivity contribution >= 4 is 23.4 Å². The first-order valence-electron chi connectivity index (χ1n) is 8.70. The molecule has 1 aromatic carbocycles. The Morgan fingerprint density at radius 1 is 1.28 bits per heavy atom. The molecule has 4 rings (SSSR count). The number of hydrogen-bond acceptors (Lipinski definition) is 6. The zero-order valence-corrected chi connectivity index (χ0v) is 15.8. The minimum Gasteiger partial charge on any atom is -0.335 e. The van der Waals surface area contributed by atoms with E-state index in [-0.39, 0.29) is 16.6 Å². The number of para-hydroxylation sites is 1. The van der Waals surface area contributed by atoms with E-state index in [1.807, 2.05) is 0 Å². The molecule has 1 aliphatic carbocycles. The van der Waals surface area contributed by atoms with Crippen LogP contribution in [0.2, 0.25) is 0 Å². The highest BCUT2D eigenvalue weighted by molar-refractivity contribution is 7.99. The molecule has 0 atom stereocenters. The van der Waals surface area contributed by atoms with Crippen molar-refractivity contribution in [2.24, 2.45) is 0 Å². The summed E-state index contributed by atoms with van der Waals surface area (Å²) >= 11 is 0.972. The molecule has 8 nitrogen and oxygen atoms in total. The third-order valence-corrected chi connectivity index (χ3v) is 5.46. The number of aromatic amines is 1. The normalized spacial score (nSPS) is 13.5. The van der Waals surface area contributed by atoms with Crippen LogP contribution < -0.4 is 11.2 Å². The first-order chi connectivity index (χ1) is 13.8. The van der Waals surface area contributed by atoms with Crippen LogP contribution in [0.25, 0.3) is 11.5 Å². The lowest BCUT2D eigenvalue weighted by Crippen LogP contribution is -2.19. The van der Waals surface area contributed by atoms with Gasteiger partial charge in [-0.3, -0.25) is 9.89 Å². The number of nitrogens with two attached hydrogens (primary N) is 1. The van der Waals surface area contributed by atoms with E-state index in [1.54, 1.807) is 0 Å². The quantitative estimate of drug-likeness (QED) is 0.429. The molecule has 0 unspecified atom stereocenters. The molecule has 2 heterocycles. The summed E-state index contributed by atoms with van der Waals surface area (Å²) in [5.41, 5.74) is 1.53. The number of nitrogen functional groups attached to an aromatic ring is 1. The molecule has 0 fully saturated rings. The molecule has 0 saturated heterocycles. The van der Waals surface area contributed by atoms with Gasteiger partial charge in [-0.05, 0) is 31.4 Å². The molecule has 0 radical (unpaired) electrons. The van der Waals surface area contributed by atoms with E-state index >= 15 is 0 Å². The SMILES string of the molecule is Nn1c(SCC(=O)Nc2ccccc2C(F)(F)F)nnc1-c1n[nH]c2c1CCC2. The fourth-order valence-corrected chi connectivity index (χ4v) is 3.85. The van der Waals surface area contributed by atoms with Gasteiger partial charge in [-0.1, -0.05) is 23.9 Å². The van der Waals surface area contributed by atoms with Crippen LogP contribution in [0.3, 0.4) is 0 Å². The zero-order valence-electron chi connectivity index (χ0n) is 15.0. The van der Waals surface area contributed by atoms with Crippen molar-refractivity contribution in [3.05, 3.63) is 41.1 Å². The van der Waals surface area contributed by atoms with E-state index in [2.05, 4.69) is 25.7 Å². The minimum atomic E-state index is -4.56. The van der Waals surface area contributed by atoms with Crippen LogP contribution in [0.5, 0.6) is 0 Å². The number of hydrogen-bond donors (Lipinski definition) is 3. The highest BCUT2D eigenvalue weighted by Crippen LogP contribution is 2.35. The van der Waals surface area contributed by atoms with Gasteiger partial charge in [-0.15, -0.1) is 10.2 Å². The van der Waals surface area contributed by atoms with Gasteiger partial charge in [0.25, 0.3) is 0 Å². The second-order valence-electron chi connectivity index (χ2n) is 6.44. The second kappa shape index (κ2) is 7.43. The third-order valence-electron chi connectivity index (χ3n) is 4.52. The fourth-order valence-electron chi connectivity index (χ4n) is 3.20. The van der Waals surface area contributed by atoms with Crippen LogP contribution in [0.15, 0.2) is 29.4 Å².